The molecule has 0 radical (unpaired) electrons. The zero-order valence-corrected chi connectivity index (χ0v) is 17.7. The fraction of sp³-hybridized carbons (Fsp3) is 0.773. The average molecular weight is 401 g/mol. The maximum Gasteiger partial charge on any atom is 0.303 e. The second-order valence-electron chi connectivity index (χ2n) is 8.48. The number of hydrogen-bond donors (Lipinski definition) is 3. The molecule has 5 atom stereocenters. The molecule has 0 aromatic heterocycles. The van der Waals surface area contributed by atoms with Crippen molar-refractivity contribution in [3.8, 4) is 0 Å². The van der Waals surface area contributed by atoms with Crippen LogP contribution in [0.4, 0.5) is 0 Å². The lowest BCUT2D eigenvalue weighted by atomic mass is 9.80. The van der Waals surface area contributed by atoms with E-state index in [9.17, 15) is 15.0 Å². The van der Waals surface area contributed by atoms with Gasteiger partial charge in [-0.15, -0.1) is 11.6 Å². The van der Waals surface area contributed by atoms with E-state index in [1.165, 1.54) is 0 Å². The maximum absolute atomic E-state index is 10.6. The van der Waals surface area contributed by atoms with Crippen molar-refractivity contribution in [1.29, 1.82) is 0 Å². The molecule has 1 saturated carbocycles. The van der Waals surface area contributed by atoms with E-state index in [2.05, 4.69) is 20.8 Å². The molecular formula is C22H37ClO4. The zero-order chi connectivity index (χ0) is 20.4. The third-order valence-electron chi connectivity index (χ3n) is 5.70. The summed E-state index contributed by atoms with van der Waals surface area (Å²) in [6.45, 7) is 6.29. The van der Waals surface area contributed by atoms with E-state index in [0.717, 1.165) is 32.1 Å². The first-order valence-corrected chi connectivity index (χ1v) is 10.7. The zero-order valence-electron chi connectivity index (χ0n) is 17.0. The summed E-state index contributed by atoms with van der Waals surface area (Å²) in [5.41, 5.74) is -0.185. The number of aliphatic hydroxyl groups excluding tert-OH is 2. The van der Waals surface area contributed by atoms with Crippen LogP contribution in [-0.2, 0) is 4.79 Å². The first kappa shape index (κ1) is 24.2. The van der Waals surface area contributed by atoms with Crippen molar-refractivity contribution in [1.82, 2.24) is 0 Å². The minimum atomic E-state index is -0.770. The molecule has 0 heterocycles. The molecule has 27 heavy (non-hydrogen) atoms. The second-order valence-corrected chi connectivity index (χ2v) is 9.04. The number of carboxylic acids is 1. The first-order chi connectivity index (χ1) is 12.7. The standard InChI is InChI=1S/C22H37ClO4/c1-4-5-14-22(2,3)20(25)13-12-17-16(18(23)15-19(17)24)10-8-6-7-9-11-21(26)27/h6,8,12-13,16-20,24-25H,4-5,7,9-11,14-15H2,1-3H3,(H,26,27)/b8-6-,13-12+/t16-,17-,18-,19-,20-/m1/s1. The van der Waals surface area contributed by atoms with Gasteiger partial charge in [0.1, 0.15) is 0 Å². The van der Waals surface area contributed by atoms with Gasteiger partial charge in [-0.2, -0.15) is 0 Å². The van der Waals surface area contributed by atoms with Crippen molar-refractivity contribution < 1.29 is 20.1 Å². The third-order valence-corrected chi connectivity index (χ3v) is 6.20. The topological polar surface area (TPSA) is 77.8 Å². The van der Waals surface area contributed by atoms with Gasteiger partial charge in [-0.3, -0.25) is 4.79 Å². The summed E-state index contributed by atoms with van der Waals surface area (Å²) in [6.07, 6.45) is 12.8. The maximum atomic E-state index is 10.6. The van der Waals surface area contributed by atoms with Gasteiger partial charge in [0.2, 0.25) is 0 Å². The van der Waals surface area contributed by atoms with Crippen molar-refractivity contribution in [3.63, 3.8) is 0 Å². The van der Waals surface area contributed by atoms with E-state index in [-0.39, 0.29) is 29.0 Å². The molecule has 1 aliphatic carbocycles. The Balaban J connectivity index is 2.62. The van der Waals surface area contributed by atoms with E-state index >= 15 is 0 Å². The number of hydrogen-bond acceptors (Lipinski definition) is 3. The summed E-state index contributed by atoms with van der Waals surface area (Å²) in [6, 6.07) is 0. The second kappa shape index (κ2) is 11.9. The van der Waals surface area contributed by atoms with Crippen LogP contribution in [0.25, 0.3) is 0 Å². The summed E-state index contributed by atoms with van der Waals surface area (Å²) in [7, 11) is 0. The minimum Gasteiger partial charge on any atom is -0.481 e. The average Bonchev–Trinajstić information content (AvgIpc) is 2.86. The van der Waals surface area contributed by atoms with Gasteiger partial charge in [-0.05, 0) is 43.4 Å². The van der Waals surface area contributed by atoms with Crippen LogP contribution in [0, 0.1) is 17.3 Å². The predicted octanol–water partition coefficient (Wildman–Crippen LogP) is 4.93. The summed E-state index contributed by atoms with van der Waals surface area (Å²) in [5, 5.41) is 29.5. The fourth-order valence-electron chi connectivity index (χ4n) is 3.68. The van der Waals surface area contributed by atoms with Gasteiger partial charge in [-0.1, -0.05) is 57.9 Å². The molecule has 3 N–H and O–H groups in total. The van der Waals surface area contributed by atoms with Crippen LogP contribution in [0.15, 0.2) is 24.3 Å². The molecule has 0 aliphatic heterocycles. The van der Waals surface area contributed by atoms with Gasteiger partial charge in [0.15, 0.2) is 0 Å². The molecular weight excluding hydrogens is 364 g/mol. The number of aliphatic carboxylic acids is 1. The highest BCUT2D eigenvalue weighted by Crippen LogP contribution is 2.40. The fourth-order valence-corrected chi connectivity index (χ4v) is 4.13. The number of alkyl halides is 1. The Bertz CT molecular complexity index is 501. The third kappa shape index (κ3) is 8.37. The van der Waals surface area contributed by atoms with Crippen molar-refractivity contribution in [2.24, 2.45) is 17.3 Å². The van der Waals surface area contributed by atoms with E-state index in [1.54, 1.807) is 0 Å². The van der Waals surface area contributed by atoms with Crippen molar-refractivity contribution in [2.75, 3.05) is 0 Å². The van der Waals surface area contributed by atoms with Crippen LogP contribution in [0.3, 0.4) is 0 Å². The minimum absolute atomic E-state index is 0.0622. The van der Waals surface area contributed by atoms with Crippen LogP contribution in [0.2, 0.25) is 0 Å². The summed E-state index contributed by atoms with van der Waals surface area (Å²) < 4.78 is 0. The Morgan fingerprint density at radius 1 is 1.30 bits per heavy atom. The molecule has 0 unspecified atom stereocenters. The Morgan fingerprint density at radius 2 is 2.00 bits per heavy atom. The molecule has 156 valence electrons. The monoisotopic (exact) mass is 400 g/mol. The lowest BCUT2D eigenvalue weighted by Gasteiger charge is -2.29. The number of carbonyl (C=O) groups is 1. The van der Waals surface area contributed by atoms with Crippen molar-refractivity contribution in [3.05, 3.63) is 24.3 Å². The summed E-state index contributed by atoms with van der Waals surface area (Å²) in [4.78, 5) is 10.5. The first-order valence-electron chi connectivity index (χ1n) is 10.2. The molecule has 0 amide bonds. The number of aliphatic hydroxyl groups is 2. The number of rotatable bonds is 12. The molecule has 1 rings (SSSR count). The van der Waals surface area contributed by atoms with Crippen LogP contribution in [0.5, 0.6) is 0 Å². The Hall–Kier alpha value is -0.840. The van der Waals surface area contributed by atoms with Gasteiger partial charge < -0.3 is 15.3 Å². The van der Waals surface area contributed by atoms with Gasteiger partial charge in [0, 0.05) is 17.7 Å². The normalized spacial score (nSPS) is 27.6. The lowest BCUT2D eigenvalue weighted by Crippen LogP contribution is -2.28. The van der Waals surface area contributed by atoms with E-state index in [1.807, 2.05) is 24.3 Å². The van der Waals surface area contributed by atoms with Gasteiger partial charge in [0.05, 0.1) is 12.2 Å². The molecule has 1 fully saturated rings. The molecule has 5 heteroatoms. The Morgan fingerprint density at radius 3 is 2.63 bits per heavy atom. The van der Waals surface area contributed by atoms with E-state index in [4.69, 9.17) is 16.7 Å². The highest BCUT2D eigenvalue weighted by Gasteiger charge is 2.39. The number of allylic oxidation sites excluding steroid dienone is 2. The molecule has 0 spiro atoms. The number of carboxylic acid groups (broad SMARTS) is 1. The Labute approximate surface area is 169 Å². The van der Waals surface area contributed by atoms with Crippen molar-refractivity contribution >= 4 is 17.6 Å². The van der Waals surface area contributed by atoms with Crippen LogP contribution in [-0.4, -0.2) is 38.9 Å². The van der Waals surface area contributed by atoms with E-state index < -0.39 is 18.2 Å². The summed E-state index contributed by atoms with van der Waals surface area (Å²) in [5.74, 6) is -0.707. The number of unbranched alkanes of at least 4 members (excludes halogenated alkanes) is 2. The molecule has 0 aromatic rings. The van der Waals surface area contributed by atoms with Gasteiger partial charge in [0.25, 0.3) is 0 Å². The van der Waals surface area contributed by atoms with Gasteiger partial charge in [-0.25, -0.2) is 0 Å². The van der Waals surface area contributed by atoms with Gasteiger partial charge >= 0.3 is 5.97 Å². The Kier molecular flexibility index (Phi) is 10.6. The van der Waals surface area contributed by atoms with E-state index in [0.29, 0.717) is 12.8 Å². The lowest BCUT2D eigenvalue weighted by molar-refractivity contribution is -0.137. The van der Waals surface area contributed by atoms with Crippen LogP contribution in [0.1, 0.15) is 72.1 Å². The SMILES string of the molecule is CCCCC(C)(C)[C@H](O)/C=C/[C@@H]1[C@@H](C/C=C\CCCC(=O)O)[C@H](Cl)C[C@H]1O. The highest BCUT2D eigenvalue weighted by molar-refractivity contribution is 6.21. The number of halogens is 1. The molecule has 0 saturated heterocycles. The van der Waals surface area contributed by atoms with Crippen LogP contribution >= 0.6 is 11.6 Å². The summed E-state index contributed by atoms with van der Waals surface area (Å²) >= 11 is 6.46. The molecule has 0 aromatic carbocycles. The smallest absolute Gasteiger partial charge is 0.303 e. The molecule has 4 nitrogen and oxygen atoms in total. The molecule has 1 aliphatic rings. The largest absolute Gasteiger partial charge is 0.481 e. The molecule has 0 bridgehead atoms. The quantitative estimate of drug-likeness (QED) is 0.246. The van der Waals surface area contributed by atoms with Crippen molar-refractivity contribution in [2.45, 2.75) is 89.7 Å². The van der Waals surface area contributed by atoms with Crippen LogP contribution < -0.4 is 0 Å². The predicted molar refractivity (Wildman–Crippen MR) is 111 cm³/mol. The highest BCUT2D eigenvalue weighted by atomic mass is 35.5.